The Morgan fingerprint density at radius 3 is 2.82 bits per heavy atom. The van der Waals surface area contributed by atoms with E-state index in [4.69, 9.17) is 11.6 Å². The molecule has 1 atom stereocenters. The van der Waals surface area contributed by atoms with E-state index in [1.807, 2.05) is 0 Å². The van der Waals surface area contributed by atoms with Gasteiger partial charge in [-0.15, -0.1) is 22.7 Å². The summed E-state index contributed by atoms with van der Waals surface area (Å²) in [5.74, 6) is -1.75. The number of thiazole rings is 1. The lowest BCUT2D eigenvalue weighted by Crippen LogP contribution is -2.51. The minimum absolute atomic E-state index is 0.186. The van der Waals surface area contributed by atoms with E-state index in [1.165, 1.54) is 15.6 Å². The fraction of sp³-hybridized carbons (Fsp3) is 0.381. The molecule has 1 amide bonds. The highest BCUT2D eigenvalue weighted by molar-refractivity contribution is 7.91. The smallest absolute Gasteiger partial charge is 0.312 e. The van der Waals surface area contributed by atoms with Gasteiger partial charge in [-0.25, -0.2) is 13.4 Å². The molecule has 1 fully saturated rings. The predicted molar refractivity (Wildman–Crippen MR) is 126 cm³/mol. The maximum absolute atomic E-state index is 13.2. The molecule has 1 aliphatic carbocycles. The Balaban J connectivity index is 1.30. The van der Waals surface area contributed by atoms with Gasteiger partial charge in [-0.1, -0.05) is 17.7 Å². The number of rotatable bonds is 5. The summed E-state index contributed by atoms with van der Waals surface area (Å²) in [4.78, 5) is 31.4. The first-order valence-electron chi connectivity index (χ1n) is 10.4. The summed E-state index contributed by atoms with van der Waals surface area (Å²) >= 11 is 8.60. The third-order valence-corrected chi connectivity index (χ3v) is 10.7. The molecule has 1 aliphatic heterocycles. The fourth-order valence-corrected chi connectivity index (χ4v) is 8.63. The van der Waals surface area contributed by atoms with Crippen LogP contribution in [0.25, 0.3) is 10.1 Å². The van der Waals surface area contributed by atoms with Crippen molar-refractivity contribution in [3.63, 3.8) is 0 Å². The number of amides is 1. The molecule has 0 spiro atoms. The lowest BCUT2D eigenvalue weighted by molar-refractivity contribution is -0.139. The topological polar surface area (TPSA) is 108 Å². The summed E-state index contributed by atoms with van der Waals surface area (Å²) in [6, 6.07) is 6.83. The molecular formula is C21H20ClN3O5S3. The number of carbonyl (C=O) groups is 2. The SMILES string of the molecule is O=C(O)C1CCCc2sc(CN3CCN(S(=O)(=O)c4cc5ccc(Cl)cc5s4)CC3=O)nc21. The Bertz CT molecular complexity index is 1370. The van der Waals surface area contributed by atoms with Crippen LogP contribution in [-0.2, 0) is 32.6 Å². The van der Waals surface area contributed by atoms with Crippen molar-refractivity contribution in [3.05, 3.63) is 44.9 Å². The lowest BCUT2D eigenvalue weighted by Gasteiger charge is -2.32. The zero-order valence-electron chi connectivity index (χ0n) is 17.4. The lowest BCUT2D eigenvalue weighted by atomic mass is 9.91. The number of carboxylic acids is 1. The molecule has 1 saturated heterocycles. The molecule has 0 bridgehead atoms. The molecule has 3 heterocycles. The number of halogens is 1. The predicted octanol–water partition coefficient (Wildman–Crippen LogP) is 3.55. The van der Waals surface area contributed by atoms with Gasteiger partial charge in [-0.2, -0.15) is 4.31 Å². The van der Waals surface area contributed by atoms with Crippen LogP contribution in [0.2, 0.25) is 5.02 Å². The highest BCUT2D eigenvalue weighted by Gasteiger charge is 2.35. The van der Waals surface area contributed by atoms with Gasteiger partial charge < -0.3 is 10.0 Å². The summed E-state index contributed by atoms with van der Waals surface area (Å²) in [6.07, 6.45) is 2.19. The minimum Gasteiger partial charge on any atom is -0.481 e. The number of aromatic nitrogens is 1. The normalized spacial score (nSPS) is 19.7. The molecule has 5 rings (SSSR count). The number of fused-ring (bicyclic) bond motifs is 2. The Morgan fingerprint density at radius 2 is 2.06 bits per heavy atom. The number of nitrogens with zero attached hydrogens (tertiary/aromatic N) is 3. The third-order valence-electron chi connectivity index (χ3n) is 5.96. The van der Waals surface area contributed by atoms with E-state index in [2.05, 4.69) is 4.98 Å². The largest absolute Gasteiger partial charge is 0.481 e. The van der Waals surface area contributed by atoms with Crippen LogP contribution < -0.4 is 0 Å². The van der Waals surface area contributed by atoms with Crippen LogP contribution in [-0.4, -0.2) is 59.2 Å². The number of aliphatic carboxylic acids is 1. The number of benzene rings is 1. The maximum atomic E-state index is 13.2. The maximum Gasteiger partial charge on any atom is 0.312 e. The monoisotopic (exact) mass is 525 g/mol. The average molecular weight is 526 g/mol. The average Bonchev–Trinajstić information content (AvgIpc) is 3.38. The Morgan fingerprint density at radius 1 is 1.24 bits per heavy atom. The second-order valence-electron chi connectivity index (χ2n) is 8.10. The molecule has 0 saturated carbocycles. The Hall–Kier alpha value is -2.05. The van der Waals surface area contributed by atoms with Crippen molar-refractivity contribution >= 4 is 66.3 Å². The van der Waals surface area contributed by atoms with Crippen molar-refractivity contribution in [3.8, 4) is 0 Å². The molecule has 12 heteroatoms. The van der Waals surface area contributed by atoms with Crippen molar-refractivity contribution in [1.82, 2.24) is 14.2 Å². The second kappa shape index (κ2) is 8.62. The van der Waals surface area contributed by atoms with E-state index in [9.17, 15) is 23.1 Å². The molecule has 0 radical (unpaired) electrons. The second-order valence-corrected chi connectivity index (χ2v) is 13.0. The summed E-state index contributed by atoms with van der Waals surface area (Å²) in [5, 5.41) is 11.5. The molecule has 2 aromatic heterocycles. The van der Waals surface area contributed by atoms with E-state index < -0.39 is 21.9 Å². The third kappa shape index (κ3) is 4.28. The van der Waals surface area contributed by atoms with E-state index in [0.29, 0.717) is 22.1 Å². The van der Waals surface area contributed by atoms with Crippen LogP contribution in [0.3, 0.4) is 0 Å². The molecule has 8 nitrogen and oxygen atoms in total. The number of carbonyl (C=O) groups excluding carboxylic acids is 1. The quantitative estimate of drug-likeness (QED) is 0.546. The molecule has 33 heavy (non-hydrogen) atoms. The van der Waals surface area contributed by atoms with Gasteiger partial charge in [0.1, 0.15) is 9.22 Å². The van der Waals surface area contributed by atoms with Crippen molar-refractivity contribution in [2.45, 2.75) is 35.9 Å². The zero-order valence-corrected chi connectivity index (χ0v) is 20.6. The van der Waals surface area contributed by atoms with E-state index in [-0.39, 0.29) is 36.3 Å². The number of piperazine rings is 1. The van der Waals surface area contributed by atoms with Gasteiger partial charge in [0.15, 0.2) is 0 Å². The summed E-state index contributed by atoms with van der Waals surface area (Å²) in [7, 11) is -3.80. The standard InChI is InChI=1S/C21H20ClN3O5S3/c22-13-5-4-12-8-19(32-16(12)9-13)33(29,30)25-7-6-24(18(26)11-25)10-17-23-20-14(21(27)28)2-1-3-15(20)31-17/h4-5,8-9,14H,1-3,6-7,10-11H2,(H,27,28). The van der Waals surface area contributed by atoms with Crippen molar-refractivity contribution in [2.24, 2.45) is 0 Å². The van der Waals surface area contributed by atoms with Crippen molar-refractivity contribution in [1.29, 1.82) is 0 Å². The first-order chi connectivity index (χ1) is 15.7. The van der Waals surface area contributed by atoms with Crippen molar-refractivity contribution < 1.29 is 23.1 Å². The highest BCUT2D eigenvalue weighted by atomic mass is 35.5. The fourth-order valence-electron chi connectivity index (χ4n) is 4.23. The van der Waals surface area contributed by atoms with Gasteiger partial charge in [0.25, 0.3) is 10.0 Å². The van der Waals surface area contributed by atoms with Crippen LogP contribution in [0.5, 0.6) is 0 Å². The molecule has 174 valence electrons. The van der Waals surface area contributed by atoms with Gasteiger partial charge in [0.05, 0.1) is 24.7 Å². The highest BCUT2D eigenvalue weighted by Crippen LogP contribution is 2.36. The summed E-state index contributed by atoms with van der Waals surface area (Å²) < 4.78 is 28.5. The van der Waals surface area contributed by atoms with Crippen LogP contribution in [0.1, 0.15) is 34.3 Å². The van der Waals surface area contributed by atoms with Crippen LogP contribution >= 0.6 is 34.3 Å². The van der Waals surface area contributed by atoms with E-state index in [0.717, 1.165) is 39.1 Å². The number of aryl methyl sites for hydroxylation is 1. The van der Waals surface area contributed by atoms with Gasteiger partial charge >= 0.3 is 5.97 Å². The number of hydrogen-bond donors (Lipinski definition) is 1. The van der Waals surface area contributed by atoms with E-state index in [1.54, 1.807) is 29.2 Å². The van der Waals surface area contributed by atoms with Gasteiger partial charge in [-0.05, 0) is 42.8 Å². The van der Waals surface area contributed by atoms with Crippen LogP contribution in [0.15, 0.2) is 28.5 Å². The van der Waals surface area contributed by atoms with Crippen molar-refractivity contribution in [2.75, 3.05) is 19.6 Å². The molecular weight excluding hydrogens is 506 g/mol. The van der Waals surface area contributed by atoms with Crippen LogP contribution in [0.4, 0.5) is 0 Å². The molecule has 1 N–H and O–H groups in total. The number of sulfonamides is 1. The number of hydrogen-bond acceptors (Lipinski definition) is 7. The first kappa shape index (κ1) is 22.7. The first-order valence-corrected chi connectivity index (χ1v) is 13.9. The number of carboxylic acid groups (broad SMARTS) is 1. The minimum atomic E-state index is -3.80. The Labute approximate surface area is 203 Å². The van der Waals surface area contributed by atoms with Gasteiger partial charge in [0, 0.05) is 27.7 Å². The molecule has 1 aromatic carbocycles. The molecule has 2 aliphatic rings. The van der Waals surface area contributed by atoms with Gasteiger partial charge in [-0.3, -0.25) is 9.59 Å². The molecule has 1 unspecified atom stereocenters. The van der Waals surface area contributed by atoms with E-state index >= 15 is 0 Å². The van der Waals surface area contributed by atoms with Gasteiger partial charge in [0.2, 0.25) is 5.91 Å². The summed E-state index contributed by atoms with van der Waals surface area (Å²) in [5.41, 5.74) is 0.618. The Kier molecular flexibility index (Phi) is 5.94. The molecule has 3 aromatic rings. The number of thiophene rings is 1. The van der Waals surface area contributed by atoms with Crippen LogP contribution in [0, 0.1) is 0 Å². The zero-order chi connectivity index (χ0) is 23.3. The summed E-state index contributed by atoms with van der Waals surface area (Å²) in [6.45, 7) is 0.464.